The summed E-state index contributed by atoms with van der Waals surface area (Å²) in [6.45, 7) is 5.00. The molecule has 9 heteroatoms. The molecule has 148 valence electrons. The van der Waals surface area contributed by atoms with E-state index in [-0.39, 0.29) is 6.79 Å². The van der Waals surface area contributed by atoms with Gasteiger partial charge in [0.25, 0.3) is 0 Å². The van der Waals surface area contributed by atoms with Gasteiger partial charge in [-0.15, -0.1) is 0 Å². The summed E-state index contributed by atoms with van der Waals surface area (Å²) in [4.78, 5) is 11.1. The Bertz CT molecular complexity index is 881. The molecular formula is C19H22ClN5O2S. The first-order valence-electron chi connectivity index (χ1n) is 9.30. The van der Waals surface area contributed by atoms with Gasteiger partial charge in [-0.1, -0.05) is 24.6 Å². The van der Waals surface area contributed by atoms with Crippen LogP contribution in [-0.4, -0.2) is 35.0 Å². The number of ether oxygens (including phenoxy) is 2. The zero-order valence-corrected chi connectivity index (χ0v) is 17.1. The number of benzene rings is 1. The van der Waals surface area contributed by atoms with Crippen LogP contribution in [0, 0.1) is 5.92 Å². The molecule has 0 radical (unpaired) electrons. The van der Waals surface area contributed by atoms with Gasteiger partial charge in [-0.05, 0) is 48.7 Å². The van der Waals surface area contributed by atoms with Gasteiger partial charge in [-0.2, -0.15) is 4.98 Å². The number of hydrogen-bond donors (Lipinski definition) is 2. The van der Waals surface area contributed by atoms with E-state index in [4.69, 9.17) is 33.3 Å². The minimum atomic E-state index is 0.260. The maximum atomic E-state index is 6.21. The number of hydrogen-bond acceptors (Lipinski definition) is 6. The molecule has 1 aromatic heterocycles. The Morgan fingerprint density at radius 2 is 2.14 bits per heavy atom. The highest BCUT2D eigenvalue weighted by Gasteiger charge is 2.19. The van der Waals surface area contributed by atoms with Crippen LogP contribution in [0.4, 0.5) is 11.8 Å². The molecule has 0 bridgehead atoms. The topological polar surface area (TPSA) is 71.5 Å². The molecule has 0 aliphatic carbocycles. The predicted molar refractivity (Wildman–Crippen MR) is 113 cm³/mol. The highest BCUT2D eigenvalue weighted by atomic mass is 35.5. The standard InChI is InChI=1S/C19H22ClN5O2S/c1-12-3-2-6-25(10-12)17-8-16(20)22-18(23-17)24-19(28)21-9-13-4-5-14-15(7-13)27-11-26-14/h4-5,7-8,12H,2-3,6,9-11H2,1H3,(H2,21,22,23,24,28). The lowest BCUT2D eigenvalue weighted by atomic mass is 10.0. The van der Waals surface area contributed by atoms with Crippen LogP contribution in [0.1, 0.15) is 25.3 Å². The minimum Gasteiger partial charge on any atom is -0.454 e. The van der Waals surface area contributed by atoms with Gasteiger partial charge in [-0.3, -0.25) is 0 Å². The van der Waals surface area contributed by atoms with Crippen LogP contribution in [0.3, 0.4) is 0 Å². The third-order valence-electron chi connectivity index (χ3n) is 4.78. The molecule has 28 heavy (non-hydrogen) atoms. The van der Waals surface area contributed by atoms with Crippen molar-refractivity contribution in [2.45, 2.75) is 26.3 Å². The van der Waals surface area contributed by atoms with Crippen LogP contribution >= 0.6 is 23.8 Å². The summed E-state index contributed by atoms with van der Waals surface area (Å²) in [6.07, 6.45) is 2.40. The van der Waals surface area contributed by atoms with Crippen molar-refractivity contribution in [3.63, 3.8) is 0 Å². The van der Waals surface area contributed by atoms with E-state index in [1.807, 2.05) is 18.2 Å². The average molecular weight is 420 g/mol. The van der Waals surface area contributed by atoms with Gasteiger partial charge in [0.2, 0.25) is 12.7 Å². The molecule has 2 aliphatic heterocycles. The fraction of sp³-hybridized carbons (Fsp3) is 0.421. The fourth-order valence-electron chi connectivity index (χ4n) is 3.40. The largest absolute Gasteiger partial charge is 0.454 e. The summed E-state index contributed by atoms with van der Waals surface area (Å²) in [5, 5.41) is 7.00. The zero-order chi connectivity index (χ0) is 19.5. The number of nitrogens with zero attached hydrogens (tertiary/aromatic N) is 3. The van der Waals surface area contributed by atoms with Gasteiger partial charge in [0.1, 0.15) is 11.0 Å². The van der Waals surface area contributed by atoms with Gasteiger partial charge >= 0.3 is 0 Å². The van der Waals surface area contributed by atoms with E-state index in [0.717, 1.165) is 42.4 Å². The highest BCUT2D eigenvalue weighted by molar-refractivity contribution is 7.80. The Balaban J connectivity index is 1.37. The molecule has 1 fully saturated rings. The molecule has 0 saturated carbocycles. The second-order valence-corrected chi connectivity index (χ2v) is 7.86. The van der Waals surface area contributed by atoms with Crippen molar-refractivity contribution in [3.8, 4) is 11.5 Å². The van der Waals surface area contributed by atoms with E-state index in [0.29, 0.717) is 28.7 Å². The molecule has 3 heterocycles. The molecule has 1 saturated heterocycles. The number of aromatic nitrogens is 2. The Kier molecular flexibility index (Phi) is 5.68. The number of nitrogens with one attached hydrogen (secondary N) is 2. The van der Waals surface area contributed by atoms with Crippen molar-refractivity contribution in [2.24, 2.45) is 5.92 Å². The number of thiocarbonyl (C=S) groups is 1. The van der Waals surface area contributed by atoms with E-state index < -0.39 is 0 Å². The molecular weight excluding hydrogens is 398 g/mol. The monoisotopic (exact) mass is 419 g/mol. The third kappa shape index (κ3) is 4.56. The van der Waals surface area contributed by atoms with Crippen molar-refractivity contribution >= 4 is 40.7 Å². The Morgan fingerprint density at radius 3 is 3.00 bits per heavy atom. The Hall–Kier alpha value is -2.32. The lowest BCUT2D eigenvalue weighted by Gasteiger charge is -2.32. The van der Waals surface area contributed by atoms with Gasteiger partial charge < -0.3 is 25.0 Å². The van der Waals surface area contributed by atoms with Gasteiger partial charge in [0.05, 0.1) is 0 Å². The van der Waals surface area contributed by atoms with Gasteiger partial charge in [0, 0.05) is 25.7 Å². The summed E-state index contributed by atoms with van der Waals surface area (Å²) < 4.78 is 10.7. The Labute approximate surface area is 174 Å². The van der Waals surface area contributed by atoms with Gasteiger partial charge in [0.15, 0.2) is 16.6 Å². The number of halogens is 1. The van der Waals surface area contributed by atoms with Crippen molar-refractivity contribution < 1.29 is 9.47 Å². The summed E-state index contributed by atoms with van der Waals surface area (Å²) in [5.74, 6) is 3.37. The first-order valence-corrected chi connectivity index (χ1v) is 10.1. The van der Waals surface area contributed by atoms with Crippen molar-refractivity contribution in [1.29, 1.82) is 0 Å². The molecule has 1 unspecified atom stereocenters. The maximum absolute atomic E-state index is 6.21. The van der Waals surface area contributed by atoms with E-state index in [2.05, 4.69) is 32.4 Å². The van der Waals surface area contributed by atoms with E-state index >= 15 is 0 Å². The lowest BCUT2D eigenvalue weighted by Crippen LogP contribution is -2.35. The molecule has 2 N–H and O–H groups in total. The summed E-state index contributed by atoms with van der Waals surface area (Å²) >= 11 is 11.6. The minimum absolute atomic E-state index is 0.260. The average Bonchev–Trinajstić information content (AvgIpc) is 3.14. The number of rotatable bonds is 4. The van der Waals surface area contributed by atoms with E-state index in [9.17, 15) is 0 Å². The molecule has 1 aromatic carbocycles. The first kappa shape index (κ1) is 19.0. The van der Waals surface area contributed by atoms with Crippen molar-refractivity contribution in [1.82, 2.24) is 15.3 Å². The smallest absolute Gasteiger partial charge is 0.232 e. The molecule has 7 nitrogen and oxygen atoms in total. The van der Waals surface area contributed by atoms with Crippen molar-refractivity contribution in [3.05, 3.63) is 35.0 Å². The van der Waals surface area contributed by atoms with E-state index in [1.165, 1.54) is 6.42 Å². The van der Waals surface area contributed by atoms with Gasteiger partial charge in [-0.25, -0.2) is 4.98 Å². The molecule has 2 aliphatic rings. The molecule has 0 amide bonds. The highest BCUT2D eigenvalue weighted by Crippen LogP contribution is 2.32. The second-order valence-electron chi connectivity index (χ2n) is 7.06. The SMILES string of the molecule is CC1CCCN(c2cc(Cl)nc(NC(=S)NCc3ccc4c(c3)OCO4)n2)C1. The summed E-state index contributed by atoms with van der Waals surface area (Å²) in [5.41, 5.74) is 1.03. The number of fused-ring (bicyclic) bond motifs is 1. The van der Waals surface area contributed by atoms with Crippen LogP contribution in [0.2, 0.25) is 5.15 Å². The van der Waals surface area contributed by atoms with Crippen LogP contribution in [0.15, 0.2) is 24.3 Å². The molecule has 4 rings (SSSR count). The zero-order valence-electron chi connectivity index (χ0n) is 15.6. The maximum Gasteiger partial charge on any atom is 0.232 e. The second kappa shape index (κ2) is 8.36. The van der Waals surface area contributed by atoms with E-state index in [1.54, 1.807) is 6.07 Å². The predicted octanol–water partition coefficient (Wildman–Crippen LogP) is 3.58. The normalized spacial score (nSPS) is 18.1. The fourth-order valence-corrected chi connectivity index (χ4v) is 3.74. The first-order chi connectivity index (χ1) is 13.6. The van der Waals surface area contributed by atoms with Crippen LogP contribution in [0.5, 0.6) is 11.5 Å². The molecule has 2 aromatic rings. The van der Waals surface area contributed by atoms with Crippen molar-refractivity contribution in [2.75, 3.05) is 30.1 Å². The molecule has 1 atom stereocenters. The van der Waals surface area contributed by atoms with Crippen LogP contribution in [0.25, 0.3) is 0 Å². The quantitative estimate of drug-likeness (QED) is 0.575. The van der Waals surface area contributed by atoms with Crippen LogP contribution < -0.4 is 25.0 Å². The third-order valence-corrected chi connectivity index (χ3v) is 5.22. The lowest BCUT2D eigenvalue weighted by molar-refractivity contribution is 0.174. The number of anilines is 2. The Morgan fingerprint density at radius 1 is 1.29 bits per heavy atom. The van der Waals surface area contributed by atoms with Crippen LogP contribution in [-0.2, 0) is 6.54 Å². The summed E-state index contributed by atoms with van der Waals surface area (Å²) in [7, 11) is 0. The summed E-state index contributed by atoms with van der Waals surface area (Å²) in [6, 6.07) is 7.59. The molecule has 0 spiro atoms. The number of piperidine rings is 1.